The number of hydrazine groups is 2. The van der Waals surface area contributed by atoms with Crippen molar-refractivity contribution in [1.29, 1.82) is 5.26 Å². The molecular formula is C12H21N7O4. The minimum absolute atomic E-state index is 0.154. The van der Waals surface area contributed by atoms with Gasteiger partial charge in [0, 0.05) is 20.0 Å². The summed E-state index contributed by atoms with van der Waals surface area (Å²) in [6, 6.07) is -0.154. The molecule has 2 rings (SSSR count). The summed E-state index contributed by atoms with van der Waals surface area (Å²) in [5.41, 5.74) is 8.12. The number of aliphatic carboxylic acids is 1. The molecule has 1 atom stereocenters. The Morgan fingerprint density at radius 3 is 2.87 bits per heavy atom. The van der Waals surface area contributed by atoms with Crippen LogP contribution in [-0.2, 0) is 14.4 Å². The first-order valence-electron chi connectivity index (χ1n) is 7.01. The van der Waals surface area contributed by atoms with Crippen LogP contribution in [0.1, 0.15) is 19.8 Å². The maximum absolute atomic E-state index is 11.6. The van der Waals surface area contributed by atoms with E-state index in [1.807, 2.05) is 0 Å². The third-order valence-electron chi connectivity index (χ3n) is 3.28. The summed E-state index contributed by atoms with van der Waals surface area (Å²) in [6.45, 7) is 6.47. The molecule has 0 radical (unpaired) electrons. The van der Waals surface area contributed by atoms with E-state index in [9.17, 15) is 9.59 Å². The zero-order chi connectivity index (χ0) is 17.2. The molecule has 11 heteroatoms. The van der Waals surface area contributed by atoms with E-state index < -0.39 is 12.6 Å². The van der Waals surface area contributed by atoms with E-state index in [1.165, 1.54) is 12.0 Å². The summed E-state index contributed by atoms with van der Waals surface area (Å²) < 4.78 is 0. The number of carboxylic acids is 1. The third kappa shape index (κ3) is 6.07. The van der Waals surface area contributed by atoms with Gasteiger partial charge in [-0.1, -0.05) is 0 Å². The summed E-state index contributed by atoms with van der Waals surface area (Å²) in [7, 11) is 0. The van der Waals surface area contributed by atoms with E-state index in [0.29, 0.717) is 13.1 Å². The van der Waals surface area contributed by atoms with E-state index in [4.69, 9.17) is 15.2 Å². The van der Waals surface area contributed by atoms with Crippen molar-refractivity contribution in [2.24, 2.45) is 5.10 Å². The van der Waals surface area contributed by atoms with Gasteiger partial charge in [-0.25, -0.2) is 20.7 Å². The molecule has 2 aliphatic heterocycles. The highest BCUT2D eigenvalue weighted by atomic mass is 16.7. The van der Waals surface area contributed by atoms with Gasteiger partial charge < -0.3 is 5.11 Å². The normalized spacial score (nSPS) is 20.3. The number of nitrogens with one attached hydrogen (secondary N) is 3. The van der Waals surface area contributed by atoms with E-state index in [1.54, 1.807) is 0 Å². The van der Waals surface area contributed by atoms with E-state index in [-0.39, 0.29) is 11.9 Å². The first-order chi connectivity index (χ1) is 11.1. The molecule has 128 valence electrons. The van der Waals surface area contributed by atoms with Gasteiger partial charge in [-0.05, 0) is 19.4 Å². The fraction of sp³-hybridized carbons (Fsp3) is 0.667. The molecule has 0 aromatic heterocycles. The number of hydrazone groups is 1. The maximum atomic E-state index is 11.6. The molecule has 23 heavy (non-hydrogen) atoms. The van der Waals surface area contributed by atoms with Gasteiger partial charge in [0.25, 0.3) is 0 Å². The molecule has 11 nitrogen and oxygen atoms in total. The number of piperidine rings is 1. The standard InChI is InChI=1S/C11H20N6O4.CHN/c1-8(18)17(21-7-11(19)20)9-3-2-4-16(5-9)6-10-12-14-15-13-10;1-2/h9,14-15H,2-7H2,1H3,(H,12,13)(H,19,20);1H. The molecule has 1 saturated heterocycles. The fourth-order valence-corrected chi connectivity index (χ4v) is 2.45. The molecule has 0 bridgehead atoms. The number of nitrogens with zero attached hydrogens (tertiary/aromatic N) is 4. The van der Waals surface area contributed by atoms with Gasteiger partial charge in [0.05, 0.1) is 12.6 Å². The number of nitriles is 1. The van der Waals surface area contributed by atoms with E-state index in [2.05, 4.69) is 33.1 Å². The molecule has 0 aromatic carbocycles. The highest BCUT2D eigenvalue weighted by molar-refractivity contribution is 5.84. The van der Waals surface area contributed by atoms with Crippen molar-refractivity contribution in [2.45, 2.75) is 25.8 Å². The summed E-state index contributed by atoms with van der Waals surface area (Å²) in [5, 5.41) is 20.4. The monoisotopic (exact) mass is 327 g/mol. The Morgan fingerprint density at radius 1 is 1.57 bits per heavy atom. The molecule has 0 saturated carbocycles. The van der Waals surface area contributed by atoms with Crippen LogP contribution in [0.25, 0.3) is 0 Å². The number of amides is 1. The number of amidine groups is 1. The molecule has 1 amide bonds. The average molecular weight is 327 g/mol. The van der Waals surface area contributed by atoms with Crippen LogP contribution in [0.5, 0.6) is 0 Å². The van der Waals surface area contributed by atoms with Crippen LogP contribution in [0.4, 0.5) is 0 Å². The van der Waals surface area contributed by atoms with Crippen molar-refractivity contribution < 1.29 is 19.5 Å². The van der Waals surface area contributed by atoms with Crippen molar-refractivity contribution in [3.05, 3.63) is 0 Å². The number of hydroxylamine groups is 2. The predicted molar refractivity (Wildman–Crippen MR) is 79.1 cm³/mol. The number of carbonyl (C=O) groups is 2. The molecule has 0 spiro atoms. The third-order valence-corrected chi connectivity index (χ3v) is 3.28. The van der Waals surface area contributed by atoms with Gasteiger partial charge in [0.2, 0.25) is 5.91 Å². The Balaban J connectivity index is 0.00000127. The van der Waals surface area contributed by atoms with Crippen LogP contribution < -0.4 is 16.5 Å². The largest absolute Gasteiger partial charge is 0.479 e. The average Bonchev–Trinajstić information content (AvgIpc) is 3.02. The highest BCUT2D eigenvalue weighted by Crippen LogP contribution is 2.16. The second-order valence-electron chi connectivity index (χ2n) is 4.96. The number of rotatable bonds is 6. The Morgan fingerprint density at radius 2 is 2.30 bits per heavy atom. The van der Waals surface area contributed by atoms with Gasteiger partial charge in [0.15, 0.2) is 12.4 Å². The lowest BCUT2D eigenvalue weighted by Crippen LogP contribution is -2.52. The van der Waals surface area contributed by atoms with Crippen LogP contribution in [-0.4, -0.2) is 65.1 Å². The summed E-state index contributed by atoms with van der Waals surface area (Å²) >= 11 is 0. The summed E-state index contributed by atoms with van der Waals surface area (Å²) in [6.07, 6.45) is 1.69. The number of carboxylic acid groups (broad SMARTS) is 1. The fourth-order valence-electron chi connectivity index (χ4n) is 2.45. The van der Waals surface area contributed by atoms with Crippen molar-refractivity contribution in [1.82, 2.24) is 26.5 Å². The first kappa shape index (κ1) is 18.6. The van der Waals surface area contributed by atoms with Crippen molar-refractivity contribution in [3.8, 4) is 6.57 Å². The SMILES string of the molecule is C#N.CC(=O)N(OCC(=O)O)C1CCCN(CC2=NNNN2)C1. The smallest absolute Gasteiger partial charge is 0.332 e. The van der Waals surface area contributed by atoms with Crippen LogP contribution >= 0.6 is 0 Å². The number of likely N-dealkylation sites (tertiary alicyclic amines) is 1. The van der Waals surface area contributed by atoms with Crippen LogP contribution in [0.15, 0.2) is 5.10 Å². The second-order valence-corrected chi connectivity index (χ2v) is 4.96. The Hall–Kier alpha value is -2.42. The number of carbonyl (C=O) groups excluding carboxylic acids is 1. The molecule has 2 aliphatic rings. The Bertz CT molecular complexity index is 468. The molecule has 4 N–H and O–H groups in total. The molecule has 1 fully saturated rings. The molecule has 0 aliphatic carbocycles. The first-order valence-corrected chi connectivity index (χ1v) is 7.01. The van der Waals surface area contributed by atoms with Gasteiger partial charge in [-0.15, -0.1) is 10.6 Å². The van der Waals surface area contributed by atoms with Gasteiger partial charge in [0.1, 0.15) is 0 Å². The van der Waals surface area contributed by atoms with Gasteiger partial charge in [-0.2, -0.15) is 0 Å². The predicted octanol–water partition coefficient (Wildman–Crippen LogP) is -1.62. The number of hydrogen-bond acceptors (Lipinski definition) is 9. The summed E-state index contributed by atoms with van der Waals surface area (Å²) in [4.78, 5) is 29.5. The highest BCUT2D eigenvalue weighted by Gasteiger charge is 2.29. The zero-order valence-electron chi connectivity index (χ0n) is 12.9. The van der Waals surface area contributed by atoms with E-state index >= 15 is 0 Å². The Kier molecular flexibility index (Phi) is 7.75. The molecule has 0 aromatic rings. The maximum Gasteiger partial charge on any atom is 0.332 e. The summed E-state index contributed by atoms with van der Waals surface area (Å²) in [5.74, 6) is -0.630. The zero-order valence-corrected chi connectivity index (χ0v) is 12.9. The van der Waals surface area contributed by atoms with Crippen molar-refractivity contribution in [3.63, 3.8) is 0 Å². The molecule has 1 unspecified atom stereocenters. The Labute approximate surface area is 133 Å². The lowest BCUT2D eigenvalue weighted by molar-refractivity contribution is -0.207. The lowest BCUT2D eigenvalue weighted by atomic mass is 10.1. The van der Waals surface area contributed by atoms with Crippen molar-refractivity contribution >= 4 is 17.7 Å². The van der Waals surface area contributed by atoms with Crippen LogP contribution in [0.2, 0.25) is 0 Å². The van der Waals surface area contributed by atoms with Crippen LogP contribution in [0, 0.1) is 11.8 Å². The minimum atomic E-state index is -1.10. The van der Waals surface area contributed by atoms with Gasteiger partial charge >= 0.3 is 5.97 Å². The topological polar surface area (TPSA) is 142 Å². The second kappa shape index (κ2) is 9.57. The van der Waals surface area contributed by atoms with Crippen LogP contribution in [0.3, 0.4) is 0 Å². The number of hydrogen-bond donors (Lipinski definition) is 4. The lowest BCUT2D eigenvalue weighted by Gasteiger charge is -2.37. The molecular weight excluding hydrogens is 306 g/mol. The minimum Gasteiger partial charge on any atom is -0.479 e. The van der Waals surface area contributed by atoms with E-state index in [0.717, 1.165) is 25.2 Å². The van der Waals surface area contributed by atoms with Gasteiger partial charge in [-0.3, -0.25) is 20.0 Å². The van der Waals surface area contributed by atoms with Crippen molar-refractivity contribution in [2.75, 3.05) is 26.2 Å². The molecule has 2 heterocycles. The quantitative estimate of drug-likeness (QED) is 0.423.